The minimum absolute atomic E-state index is 0.0244. The van der Waals surface area contributed by atoms with E-state index in [9.17, 15) is 0 Å². The summed E-state index contributed by atoms with van der Waals surface area (Å²) in [6.45, 7) is 9.48. The van der Waals surface area contributed by atoms with Gasteiger partial charge in [0.25, 0.3) is 0 Å². The van der Waals surface area contributed by atoms with Crippen molar-refractivity contribution in [2.45, 2.75) is 34.2 Å². The van der Waals surface area contributed by atoms with Crippen molar-refractivity contribution in [3.63, 3.8) is 0 Å². The first-order valence-electron chi connectivity index (χ1n) is 17.7. The second-order valence-corrected chi connectivity index (χ2v) is 57.0. The van der Waals surface area contributed by atoms with Gasteiger partial charge < -0.3 is 0 Å². The van der Waals surface area contributed by atoms with Crippen LogP contribution in [0.1, 0.15) is 43.4 Å². The molecule has 2 aliphatic carbocycles. The van der Waals surface area contributed by atoms with Crippen molar-refractivity contribution in [1.82, 2.24) is 0 Å². The Labute approximate surface area is 305 Å². The molecule has 8 rings (SSSR count). The zero-order valence-corrected chi connectivity index (χ0v) is 34.1. The molecule has 0 radical (unpaired) electrons. The van der Waals surface area contributed by atoms with Crippen LogP contribution in [-0.4, -0.2) is 5.92 Å². The van der Waals surface area contributed by atoms with Crippen molar-refractivity contribution in [1.29, 1.82) is 0 Å². The van der Waals surface area contributed by atoms with E-state index in [0.29, 0.717) is 0 Å². The van der Waals surface area contributed by atoms with Gasteiger partial charge in [0.15, 0.2) is 0 Å². The van der Waals surface area contributed by atoms with Gasteiger partial charge in [-0.1, -0.05) is 0 Å². The van der Waals surface area contributed by atoms with Crippen LogP contribution in [0.4, 0.5) is 0 Å². The Kier molecular flexibility index (Phi) is 8.68. The monoisotopic (exact) mass is 781 g/mol. The number of hydrogen-bond acceptors (Lipinski definition) is 0. The molecule has 0 N–H and O–H groups in total. The van der Waals surface area contributed by atoms with Crippen molar-refractivity contribution in [3.8, 4) is 44.5 Å². The summed E-state index contributed by atoms with van der Waals surface area (Å²) >= 11 is -5.07. The van der Waals surface area contributed by atoms with E-state index in [1.54, 1.807) is 0 Å². The topological polar surface area (TPSA) is 0 Å². The van der Waals surface area contributed by atoms with Crippen LogP contribution >= 0.6 is 17.0 Å². The molecule has 0 amide bonds. The summed E-state index contributed by atoms with van der Waals surface area (Å²) in [4.78, 5) is 0. The minimum atomic E-state index is -5.07. The molecule has 247 valence electrons. The summed E-state index contributed by atoms with van der Waals surface area (Å²) in [6.07, 6.45) is 4.86. The fourth-order valence-electron chi connectivity index (χ4n) is 9.02. The fourth-order valence-corrected chi connectivity index (χ4v) is 41.7. The van der Waals surface area contributed by atoms with E-state index in [1.165, 1.54) is 77.9 Å². The molecule has 0 bridgehead atoms. The first kappa shape index (κ1) is 33.6. The van der Waals surface area contributed by atoms with E-state index in [4.69, 9.17) is 17.0 Å². The Balaban J connectivity index is 1.44. The molecule has 4 heteroatoms. The van der Waals surface area contributed by atoms with Crippen molar-refractivity contribution in [2.24, 2.45) is 0 Å². The summed E-state index contributed by atoms with van der Waals surface area (Å²) < 4.78 is -0.0489. The van der Waals surface area contributed by atoms with E-state index in [2.05, 4.69) is 185 Å². The average Bonchev–Trinajstić information content (AvgIpc) is 3.70. The van der Waals surface area contributed by atoms with Crippen LogP contribution in [0.3, 0.4) is 0 Å². The molecular formula is C46H41Cl2SiZr. The second-order valence-electron chi connectivity index (χ2n) is 14.5. The maximum atomic E-state index is 8.86. The summed E-state index contributed by atoms with van der Waals surface area (Å²) in [5.41, 5.74) is 17.7. The second kappa shape index (κ2) is 12.9. The van der Waals surface area contributed by atoms with E-state index in [1.807, 2.05) is 0 Å². The van der Waals surface area contributed by atoms with Crippen LogP contribution in [0.25, 0.3) is 56.7 Å². The van der Waals surface area contributed by atoms with E-state index >= 15 is 0 Å². The van der Waals surface area contributed by atoms with Crippen LogP contribution in [0.2, 0.25) is 13.1 Å². The number of fused-ring (bicyclic) bond motifs is 2. The zero-order valence-electron chi connectivity index (χ0n) is 29.0. The van der Waals surface area contributed by atoms with Gasteiger partial charge >= 0.3 is 308 Å². The SMILES string of the molecule is CC1=Cc2c(-c3ccccc3)ccc(-c3ccccc3)c2[CH]1[Zr]([Cl])([Cl])([CH]1C(C)=Cc2c(-c3ccccc3)ccc(-c3ccccc3)c21)[SiH](C)C. The Hall–Kier alpha value is -3.52. The van der Waals surface area contributed by atoms with Crippen LogP contribution in [0.15, 0.2) is 157 Å². The van der Waals surface area contributed by atoms with Gasteiger partial charge in [-0.05, 0) is 0 Å². The summed E-state index contributed by atoms with van der Waals surface area (Å²) in [5.74, 6) is -1.77. The first-order valence-corrected chi connectivity index (χ1v) is 34.0. The molecule has 0 spiro atoms. The van der Waals surface area contributed by atoms with Gasteiger partial charge in [0, 0.05) is 0 Å². The maximum absolute atomic E-state index is 8.86. The van der Waals surface area contributed by atoms with E-state index in [-0.39, 0.29) is 7.25 Å². The Morgan fingerprint density at radius 2 is 0.700 bits per heavy atom. The standard InChI is InChI=1S/2C22H17.C2H7Si.2ClH.Zr/c2*1-16-14-21-19(17-8-4-2-5-9-17)12-13-20(22(21)15-16)18-10-6-3-7-11-18;1-3-2;;;/h2*2-15H,1H3;3H,1-2H3;2*1H;/q;;;;;+2/p-2. The van der Waals surface area contributed by atoms with Gasteiger partial charge in [0.1, 0.15) is 0 Å². The van der Waals surface area contributed by atoms with Gasteiger partial charge in [-0.3, -0.25) is 0 Å². The van der Waals surface area contributed by atoms with Crippen molar-refractivity contribution in [2.75, 3.05) is 0 Å². The molecule has 0 nitrogen and oxygen atoms in total. The van der Waals surface area contributed by atoms with Crippen molar-refractivity contribution < 1.29 is 15.6 Å². The summed E-state index contributed by atoms with van der Waals surface area (Å²) in [6, 6.07) is 52.5. The van der Waals surface area contributed by atoms with Crippen molar-refractivity contribution >= 4 is 35.1 Å². The summed E-state index contributed by atoms with van der Waals surface area (Å²) in [7, 11) is 17.7. The normalized spacial score (nSPS) is 17.5. The van der Waals surface area contributed by atoms with E-state index in [0.717, 1.165) is 0 Å². The van der Waals surface area contributed by atoms with Gasteiger partial charge in [0.05, 0.1) is 0 Å². The number of allylic oxidation sites excluding steroid dienone is 2. The fraction of sp³-hybridized carbons (Fsp3) is 0.130. The molecule has 2 aliphatic rings. The molecule has 0 saturated heterocycles. The van der Waals surface area contributed by atoms with E-state index < -0.39 is 21.5 Å². The molecule has 0 heterocycles. The molecule has 0 aliphatic heterocycles. The first-order chi connectivity index (χ1) is 24.2. The third kappa shape index (κ3) is 5.26. The number of hydrogen-bond donors (Lipinski definition) is 0. The quantitative estimate of drug-likeness (QED) is 0.142. The van der Waals surface area contributed by atoms with Crippen molar-refractivity contribution in [3.05, 3.63) is 179 Å². The van der Waals surface area contributed by atoms with Crippen LogP contribution in [0.5, 0.6) is 0 Å². The van der Waals surface area contributed by atoms with Gasteiger partial charge in [-0.25, -0.2) is 0 Å². The molecule has 0 saturated carbocycles. The summed E-state index contributed by atoms with van der Waals surface area (Å²) in [5, 5.41) is 0. The third-order valence-electron chi connectivity index (χ3n) is 11.4. The van der Waals surface area contributed by atoms with Crippen LogP contribution in [0, 0.1) is 0 Å². The Bertz CT molecular complexity index is 2130. The molecule has 6 aromatic carbocycles. The molecule has 6 aromatic rings. The Morgan fingerprint density at radius 1 is 0.420 bits per heavy atom. The Morgan fingerprint density at radius 3 is 1.00 bits per heavy atom. The molecule has 0 fully saturated rings. The number of benzene rings is 6. The predicted molar refractivity (Wildman–Crippen MR) is 218 cm³/mol. The zero-order chi connectivity index (χ0) is 34.6. The number of rotatable bonds is 7. The molecule has 50 heavy (non-hydrogen) atoms. The van der Waals surface area contributed by atoms with Gasteiger partial charge in [-0.15, -0.1) is 0 Å². The van der Waals surface area contributed by atoms with Gasteiger partial charge in [-0.2, -0.15) is 0 Å². The molecule has 2 unspecified atom stereocenters. The van der Waals surface area contributed by atoms with Gasteiger partial charge in [0.2, 0.25) is 0 Å². The molecular weight excluding hydrogens is 743 g/mol. The average molecular weight is 784 g/mol. The molecule has 0 aromatic heterocycles. The number of halogens is 2. The molecule has 2 atom stereocenters. The van der Waals surface area contributed by atoms with Crippen LogP contribution < -0.4 is 0 Å². The third-order valence-corrected chi connectivity index (χ3v) is 63.5. The predicted octanol–water partition coefficient (Wildman–Crippen LogP) is 14.0. The van der Waals surface area contributed by atoms with Crippen LogP contribution in [-0.2, 0) is 15.6 Å².